The van der Waals surface area contributed by atoms with Crippen molar-refractivity contribution in [1.29, 1.82) is 0 Å². The molecule has 3 aromatic rings. The fraction of sp³-hybridized carbons (Fsp3) is 0.333. The Morgan fingerprint density at radius 3 is 2.56 bits per heavy atom. The number of nitrogens with one attached hydrogen (secondary N) is 1. The minimum absolute atomic E-state index is 0.0870. The van der Waals surface area contributed by atoms with Crippen molar-refractivity contribution in [3.8, 4) is 10.9 Å². The van der Waals surface area contributed by atoms with Gasteiger partial charge in [0.05, 0.1) is 5.57 Å². The number of ketones is 1. The number of carbonyl (C=O) groups excluding carboxylic acids is 1. The summed E-state index contributed by atoms with van der Waals surface area (Å²) in [7, 11) is 0. The monoisotopic (exact) mass is 453 g/mol. The van der Waals surface area contributed by atoms with Crippen molar-refractivity contribution in [1.82, 2.24) is 0 Å². The smallest absolute Gasteiger partial charge is 0.435 e. The molecule has 7 nitrogen and oxygen atoms in total. The molecule has 32 heavy (non-hydrogen) atoms. The molecule has 8 heteroatoms. The van der Waals surface area contributed by atoms with Gasteiger partial charge in [0.2, 0.25) is 5.52 Å². The molecule has 0 amide bonds. The normalized spacial score (nSPS) is 17.6. The van der Waals surface area contributed by atoms with Crippen molar-refractivity contribution in [2.24, 2.45) is 5.18 Å². The fourth-order valence-electron chi connectivity index (χ4n) is 4.00. The van der Waals surface area contributed by atoms with Crippen LogP contribution in [0, 0.1) is 4.91 Å². The Labute approximate surface area is 189 Å². The van der Waals surface area contributed by atoms with E-state index in [0.717, 1.165) is 15.8 Å². The first-order valence-corrected chi connectivity index (χ1v) is 11.2. The van der Waals surface area contributed by atoms with E-state index in [2.05, 4.69) is 10.2 Å². The van der Waals surface area contributed by atoms with Gasteiger partial charge in [0.15, 0.2) is 5.78 Å². The molecule has 2 heterocycles. The molecule has 0 saturated heterocycles. The summed E-state index contributed by atoms with van der Waals surface area (Å²) in [6.07, 6.45) is 0.678. The van der Waals surface area contributed by atoms with Crippen molar-refractivity contribution < 1.29 is 24.4 Å². The molecular formula is C24H25N2O5S+. The van der Waals surface area contributed by atoms with Gasteiger partial charge in [-0.05, 0) is 86.0 Å². The predicted octanol–water partition coefficient (Wildman–Crippen LogP) is 5.89. The number of hydrogen-bond acceptors (Lipinski definition) is 7. The molecule has 0 fully saturated rings. The van der Waals surface area contributed by atoms with Crippen LogP contribution in [0.1, 0.15) is 45.7 Å². The van der Waals surface area contributed by atoms with Crippen LogP contribution in [-0.4, -0.2) is 22.1 Å². The van der Waals surface area contributed by atoms with Crippen LogP contribution in [0.25, 0.3) is 15.8 Å². The second-order valence-electron chi connectivity index (χ2n) is 8.74. The molecule has 2 aromatic carbocycles. The predicted molar refractivity (Wildman–Crippen MR) is 124 cm³/mol. The molecule has 0 radical (unpaired) electrons. The van der Waals surface area contributed by atoms with Crippen LogP contribution < -0.4 is 9.72 Å². The molecule has 1 aliphatic heterocycles. The summed E-state index contributed by atoms with van der Waals surface area (Å²) in [5, 5.41) is 14.4. The minimum Gasteiger partial charge on any atom is -0.508 e. The number of H-pyrrole nitrogens is 1. The molecule has 0 atom stereocenters. The fourth-order valence-corrected chi connectivity index (χ4v) is 4.90. The van der Waals surface area contributed by atoms with Gasteiger partial charge in [-0.15, -0.1) is 4.91 Å². The van der Waals surface area contributed by atoms with E-state index in [1.165, 1.54) is 11.3 Å². The summed E-state index contributed by atoms with van der Waals surface area (Å²) in [5.74, 6) is 0.156. The van der Waals surface area contributed by atoms with Crippen LogP contribution in [0.15, 0.2) is 47.3 Å². The lowest BCUT2D eigenvalue weighted by atomic mass is 9.81. The number of aromatic nitrogens is 1. The first-order valence-electron chi connectivity index (χ1n) is 10.3. The average Bonchev–Trinajstić information content (AvgIpc) is 3.13. The van der Waals surface area contributed by atoms with Crippen LogP contribution in [0.5, 0.6) is 10.9 Å². The zero-order valence-electron chi connectivity index (χ0n) is 18.6. The van der Waals surface area contributed by atoms with Gasteiger partial charge in [0, 0.05) is 6.07 Å². The van der Waals surface area contributed by atoms with Gasteiger partial charge < -0.3 is 14.6 Å². The van der Waals surface area contributed by atoms with Gasteiger partial charge in [-0.3, -0.25) is 4.79 Å². The molecular weight excluding hydrogens is 428 g/mol. The summed E-state index contributed by atoms with van der Waals surface area (Å²) in [6, 6.07) is 10.6. The molecule has 0 saturated carbocycles. The van der Waals surface area contributed by atoms with E-state index >= 15 is 0 Å². The maximum Gasteiger partial charge on any atom is 0.435 e. The number of thiazole rings is 1. The Bertz CT molecular complexity index is 1270. The molecule has 0 aliphatic carbocycles. The summed E-state index contributed by atoms with van der Waals surface area (Å²) in [5.41, 5.74) is 0.906. The average molecular weight is 454 g/mol. The van der Waals surface area contributed by atoms with Crippen LogP contribution in [-0.2, 0) is 16.0 Å². The number of rotatable bonds is 5. The van der Waals surface area contributed by atoms with Crippen LogP contribution in [0.4, 0.5) is 5.69 Å². The van der Waals surface area contributed by atoms with E-state index in [9.17, 15) is 14.8 Å². The Hall–Kier alpha value is -3.10. The zero-order valence-corrected chi connectivity index (χ0v) is 19.4. The molecule has 1 aliphatic rings. The lowest BCUT2D eigenvalue weighted by molar-refractivity contribution is -0.352. The van der Waals surface area contributed by atoms with Gasteiger partial charge in [0.1, 0.15) is 33.1 Å². The molecule has 0 spiro atoms. The van der Waals surface area contributed by atoms with E-state index in [4.69, 9.17) is 9.47 Å². The number of aliphatic hydroxyl groups excluding tert-OH is 1. The SMILES string of the molecule is CCc1ccc(Oc2[nH+]c3ccc(N=O)cc3s2)cc1C1=C(O)C(C)(C)OC(C)(C)C1=O. The topological polar surface area (TPSA) is 99.3 Å². The number of aryl methyl sites for hydroxylation is 1. The van der Waals surface area contributed by atoms with Crippen molar-refractivity contribution >= 4 is 38.6 Å². The highest BCUT2D eigenvalue weighted by molar-refractivity contribution is 7.19. The number of benzene rings is 2. The van der Waals surface area contributed by atoms with E-state index in [-0.39, 0.29) is 17.1 Å². The molecule has 4 rings (SSSR count). The van der Waals surface area contributed by atoms with Crippen LogP contribution in [0.3, 0.4) is 0 Å². The third-order valence-corrected chi connectivity index (χ3v) is 6.47. The molecule has 1 aromatic heterocycles. The number of Topliss-reactive ketones (excluding diaryl/α,β-unsaturated/α-hetero) is 1. The number of hydrogen-bond donors (Lipinski definition) is 1. The van der Waals surface area contributed by atoms with E-state index in [1.807, 2.05) is 19.1 Å². The number of aliphatic hydroxyl groups is 1. The van der Waals surface area contributed by atoms with Crippen molar-refractivity contribution in [2.45, 2.75) is 52.2 Å². The second-order valence-corrected chi connectivity index (χ2v) is 9.75. The van der Waals surface area contributed by atoms with Gasteiger partial charge in [-0.1, -0.05) is 13.0 Å². The van der Waals surface area contributed by atoms with Gasteiger partial charge >= 0.3 is 5.19 Å². The molecule has 2 N–H and O–H groups in total. The van der Waals surface area contributed by atoms with Gasteiger partial charge in [-0.2, -0.15) is 4.98 Å². The largest absolute Gasteiger partial charge is 0.508 e. The Kier molecular flexibility index (Phi) is 5.38. The Morgan fingerprint density at radius 1 is 1.12 bits per heavy atom. The van der Waals surface area contributed by atoms with E-state index in [1.54, 1.807) is 52.0 Å². The van der Waals surface area contributed by atoms with Crippen molar-refractivity contribution in [2.75, 3.05) is 0 Å². The lowest BCUT2D eigenvalue weighted by Crippen LogP contribution is -2.49. The summed E-state index contributed by atoms with van der Waals surface area (Å²) < 4.78 is 12.8. The minimum atomic E-state index is -1.07. The van der Waals surface area contributed by atoms with Gasteiger partial charge in [-0.25, -0.2) is 0 Å². The van der Waals surface area contributed by atoms with Crippen LogP contribution in [0.2, 0.25) is 0 Å². The van der Waals surface area contributed by atoms with Crippen molar-refractivity contribution in [3.63, 3.8) is 0 Å². The van der Waals surface area contributed by atoms with Crippen LogP contribution >= 0.6 is 11.3 Å². The second kappa shape index (κ2) is 7.79. The summed E-state index contributed by atoms with van der Waals surface area (Å²) in [6.45, 7) is 8.91. The van der Waals surface area contributed by atoms with Crippen molar-refractivity contribution in [3.05, 3.63) is 58.2 Å². The highest BCUT2D eigenvalue weighted by Gasteiger charge is 2.47. The molecule has 0 unspecified atom stereocenters. The first-order chi connectivity index (χ1) is 15.1. The van der Waals surface area contributed by atoms with E-state index in [0.29, 0.717) is 28.6 Å². The molecule has 166 valence electrons. The maximum absolute atomic E-state index is 13.2. The first kappa shape index (κ1) is 22.1. The number of carbonyl (C=O) groups is 1. The van der Waals surface area contributed by atoms with E-state index < -0.39 is 11.2 Å². The molecule has 0 bridgehead atoms. The standard InChI is InChI=1S/C24H24N2O5S/c1-6-13-7-9-15(30-22-25-17-10-8-14(26-29)11-18(17)32-22)12-16(13)19-20(27)23(2,3)31-24(4,5)21(19)28/h7-12,27H,6H2,1-5H3/p+1. The summed E-state index contributed by atoms with van der Waals surface area (Å²) >= 11 is 1.35. The highest BCUT2D eigenvalue weighted by Crippen LogP contribution is 2.42. The number of nitrogens with zero attached hydrogens (tertiary/aromatic N) is 1. The third-order valence-electron chi connectivity index (χ3n) is 5.54. The van der Waals surface area contributed by atoms with Gasteiger partial charge in [0.25, 0.3) is 0 Å². The maximum atomic E-state index is 13.2. The number of ether oxygens (including phenoxy) is 2. The highest BCUT2D eigenvalue weighted by atomic mass is 32.1. The quantitative estimate of drug-likeness (QED) is 0.485. The number of nitroso groups, excluding NO2 is 1. The third kappa shape index (κ3) is 3.80. The summed E-state index contributed by atoms with van der Waals surface area (Å²) in [4.78, 5) is 27.2. The Morgan fingerprint density at radius 2 is 1.88 bits per heavy atom. The number of fused-ring (bicyclic) bond motifs is 1. The zero-order chi connectivity index (χ0) is 23.3. The lowest BCUT2D eigenvalue weighted by Gasteiger charge is -2.40. The Balaban J connectivity index is 1.78. The number of aromatic amines is 1.